The molecule has 0 spiro atoms. The molecular formula is C18H24Cl2N4O. The molecule has 1 atom stereocenters. The van der Waals surface area contributed by atoms with E-state index in [0.717, 1.165) is 12.1 Å². The summed E-state index contributed by atoms with van der Waals surface area (Å²) in [5.74, 6) is -0.00285. The first kappa shape index (κ1) is 19.8. The Morgan fingerprint density at radius 3 is 2.68 bits per heavy atom. The van der Waals surface area contributed by atoms with E-state index in [2.05, 4.69) is 31.2 Å². The first-order chi connectivity index (χ1) is 11.4. The van der Waals surface area contributed by atoms with Crippen molar-refractivity contribution in [2.75, 3.05) is 19.6 Å². The van der Waals surface area contributed by atoms with Gasteiger partial charge in [0.15, 0.2) is 0 Å². The lowest BCUT2D eigenvalue weighted by Crippen LogP contribution is -2.48. The second-order valence-corrected chi connectivity index (χ2v) is 7.49. The molecule has 2 aromatic rings. The molecule has 1 unspecified atom stereocenters. The molecule has 1 amide bonds. The molecule has 1 aromatic carbocycles. The highest BCUT2D eigenvalue weighted by Gasteiger charge is 2.30. The Hall–Kier alpha value is -1.56. The maximum absolute atomic E-state index is 13.0. The van der Waals surface area contributed by atoms with Crippen LogP contribution in [0.25, 0.3) is 0 Å². The van der Waals surface area contributed by atoms with E-state index in [9.17, 15) is 4.79 Å². The van der Waals surface area contributed by atoms with Crippen LogP contribution < -0.4 is 5.32 Å². The van der Waals surface area contributed by atoms with Gasteiger partial charge in [0, 0.05) is 30.9 Å². The Balaban J connectivity index is 0.00000225. The van der Waals surface area contributed by atoms with E-state index in [1.807, 2.05) is 40.0 Å². The van der Waals surface area contributed by atoms with Gasteiger partial charge in [0.05, 0.1) is 23.3 Å². The SMILES string of the molecule is CC(C)(C)n1cc(C(=O)N2CCNCC2c2ccccc2Cl)cn1.Cl. The van der Waals surface area contributed by atoms with Gasteiger partial charge in [-0.05, 0) is 32.4 Å². The number of rotatable bonds is 2. The number of benzene rings is 1. The molecular weight excluding hydrogens is 359 g/mol. The molecule has 1 aliphatic heterocycles. The van der Waals surface area contributed by atoms with Gasteiger partial charge >= 0.3 is 0 Å². The normalized spacial score (nSPS) is 17.9. The van der Waals surface area contributed by atoms with Crippen LogP contribution in [-0.4, -0.2) is 40.2 Å². The second kappa shape index (κ2) is 7.77. The topological polar surface area (TPSA) is 50.2 Å². The summed E-state index contributed by atoms with van der Waals surface area (Å²) in [7, 11) is 0. The molecule has 7 heteroatoms. The number of carbonyl (C=O) groups is 1. The third kappa shape index (κ3) is 4.17. The summed E-state index contributed by atoms with van der Waals surface area (Å²) in [5, 5.41) is 8.39. The van der Waals surface area contributed by atoms with Crippen molar-refractivity contribution in [1.82, 2.24) is 20.0 Å². The maximum atomic E-state index is 13.0. The van der Waals surface area contributed by atoms with E-state index in [1.54, 1.807) is 6.20 Å². The molecule has 0 aliphatic carbocycles. The second-order valence-electron chi connectivity index (χ2n) is 7.08. The van der Waals surface area contributed by atoms with E-state index in [-0.39, 0.29) is 29.9 Å². The highest BCUT2D eigenvalue weighted by Crippen LogP contribution is 2.29. The zero-order chi connectivity index (χ0) is 17.3. The fourth-order valence-electron chi connectivity index (χ4n) is 2.94. The van der Waals surface area contributed by atoms with Crippen LogP contribution in [0.2, 0.25) is 5.02 Å². The number of piperazine rings is 1. The van der Waals surface area contributed by atoms with Gasteiger partial charge in [0.2, 0.25) is 0 Å². The van der Waals surface area contributed by atoms with Crippen molar-refractivity contribution < 1.29 is 4.79 Å². The van der Waals surface area contributed by atoms with Gasteiger partial charge < -0.3 is 10.2 Å². The molecule has 1 saturated heterocycles. The largest absolute Gasteiger partial charge is 0.329 e. The van der Waals surface area contributed by atoms with Crippen LogP contribution >= 0.6 is 24.0 Å². The number of amides is 1. The van der Waals surface area contributed by atoms with Gasteiger partial charge in [-0.15, -0.1) is 12.4 Å². The van der Waals surface area contributed by atoms with Crippen LogP contribution in [0.15, 0.2) is 36.7 Å². The zero-order valence-corrected chi connectivity index (χ0v) is 16.3. The van der Waals surface area contributed by atoms with Crippen molar-refractivity contribution in [2.24, 2.45) is 0 Å². The van der Waals surface area contributed by atoms with E-state index in [4.69, 9.17) is 11.6 Å². The quantitative estimate of drug-likeness (QED) is 0.864. The van der Waals surface area contributed by atoms with Crippen molar-refractivity contribution in [2.45, 2.75) is 32.4 Å². The third-order valence-electron chi connectivity index (χ3n) is 4.29. The molecule has 3 rings (SSSR count). The lowest BCUT2D eigenvalue weighted by molar-refractivity contribution is 0.0634. The Bertz CT molecular complexity index is 739. The number of aromatic nitrogens is 2. The molecule has 1 aliphatic rings. The minimum atomic E-state index is -0.149. The summed E-state index contributed by atoms with van der Waals surface area (Å²) in [6.45, 7) is 8.31. The number of halogens is 2. The summed E-state index contributed by atoms with van der Waals surface area (Å²) in [6.07, 6.45) is 3.48. The molecule has 1 N–H and O–H groups in total. The lowest BCUT2D eigenvalue weighted by atomic mass is 10.0. The van der Waals surface area contributed by atoms with Crippen LogP contribution in [0.3, 0.4) is 0 Å². The Morgan fingerprint density at radius 2 is 2.04 bits per heavy atom. The summed E-state index contributed by atoms with van der Waals surface area (Å²) < 4.78 is 1.83. The fourth-order valence-corrected chi connectivity index (χ4v) is 3.20. The molecule has 25 heavy (non-hydrogen) atoms. The van der Waals surface area contributed by atoms with Gasteiger partial charge in [0.25, 0.3) is 5.91 Å². The van der Waals surface area contributed by atoms with Gasteiger partial charge in [-0.25, -0.2) is 0 Å². The zero-order valence-electron chi connectivity index (χ0n) is 14.7. The minimum absolute atomic E-state index is 0. The smallest absolute Gasteiger partial charge is 0.257 e. The number of carbonyl (C=O) groups excluding carboxylic acids is 1. The maximum Gasteiger partial charge on any atom is 0.257 e. The van der Waals surface area contributed by atoms with Crippen molar-refractivity contribution in [3.05, 3.63) is 52.8 Å². The molecule has 0 bridgehead atoms. The highest BCUT2D eigenvalue weighted by molar-refractivity contribution is 6.31. The van der Waals surface area contributed by atoms with Crippen molar-refractivity contribution in [3.8, 4) is 0 Å². The van der Waals surface area contributed by atoms with Gasteiger partial charge in [0.1, 0.15) is 0 Å². The fraction of sp³-hybridized carbons (Fsp3) is 0.444. The predicted molar refractivity (Wildman–Crippen MR) is 103 cm³/mol. The van der Waals surface area contributed by atoms with E-state index in [0.29, 0.717) is 23.7 Å². The number of nitrogens with one attached hydrogen (secondary N) is 1. The monoisotopic (exact) mass is 382 g/mol. The van der Waals surface area contributed by atoms with E-state index in [1.165, 1.54) is 0 Å². The Morgan fingerprint density at radius 1 is 1.32 bits per heavy atom. The number of nitrogens with zero attached hydrogens (tertiary/aromatic N) is 3. The Kier molecular flexibility index (Phi) is 6.14. The summed E-state index contributed by atoms with van der Waals surface area (Å²) in [4.78, 5) is 14.9. The minimum Gasteiger partial charge on any atom is -0.329 e. The third-order valence-corrected chi connectivity index (χ3v) is 4.63. The van der Waals surface area contributed by atoms with E-state index >= 15 is 0 Å². The van der Waals surface area contributed by atoms with Crippen LogP contribution in [0.5, 0.6) is 0 Å². The molecule has 1 aromatic heterocycles. The molecule has 1 fully saturated rings. The standard InChI is InChI=1S/C18H23ClN4O.ClH/c1-18(2,3)23-12-13(10-21-23)17(24)22-9-8-20-11-16(22)14-6-4-5-7-15(14)19;/h4-7,10,12,16,20H,8-9,11H2,1-3H3;1H. The molecule has 5 nitrogen and oxygen atoms in total. The first-order valence-electron chi connectivity index (χ1n) is 8.19. The first-order valence-corrected chi connectivity index (χ1v) is 8.57. The summed E-state index contributed by atoms with van der Waals surface area (Å²) >= 11 is 6.36. The van der Waals surface area contributed by atoms with Crippen LogP contribution in [-0.2, 0) is 5.54 Å². The molecule has 0 radical (unpaired) electrons. The average Bonchev–Trinajstić information content (AvgIpc) is 3.05. The van der Waals surface area contributed by atoms with E-state index < -0.39 is 0 Å². The van der Waals surface area contributed by atoms with Crippen molar-refractivity contribution in [3.63, 3.8) is 0 Å². The summed E-state index contributed by atoms with van der Waals surface area (Å²) in [6, 6.07) is 7.64. The lowest BCUT2D eigenvalue weighted by Gasteiger charge is -2.36. The summed E-state index contributed by atoms with van der Waals surface area (Å²) in [5.41, 5.74) is 1.44. The van der Waals surface area contributed by atoms with Crippen LogP contribution in [0.4, 0.5) is 0 Å². The molecule has 2 heterocycles. The molecule has 136 valence electrons. The Labute approximate surface area is 159 Å². The number of hydrogen-bond acceptors (Lipinski definition) is 3. The average molecular weight is 383 g/mol. The number of hydrogen-bond donors (Lipinski definition) is 1. The van der Waals surface area contributed by atoms with Crippen molar-refractivity contribution in [1.29, 1.82) is 0 Å². The van der Waals surface area contributed by atoms with Gasteiger partial charge in [-0.1, -0.05) is 29.8 Å². The predicted octanol–water partition coefficient (Wildman–Crippen LogP) is 3.50. The van der Waals surface area contributed by atoms with Crippen LogP contribution in [0.1, 0.15) is 42.7 Å². The van der Waals surface area contributed by atoms with Gasteiger partial charge in [-0.2, -0.15) is 5.10 Å². The van der Waals surface area contributed by atoms with Gasteiger partial charge in [-0.3, -0.25) is 9.48 Å². The molecule has 0 saturated carbocycles. The highest BCUT2D eigenvalue weighted by atomic mass is 35.5. The van der Waals surface area contributed by atoms with Crippen LogP contribution in [0, 0.1) is 0 Å². The van der Waals surface area contributed by atoms with Crippen molar-refractivity contribution >= 4 is 29.9 Å².